The molecule has 3 fully saturated rings. The maximum Gasteiger partial charge on any atom is 0.254 e. The van der Waals surface area contributed by atoms with Crippen LogP contribution in [0.25, 0.3) is 0 Å². The van der Waals surface area contributed by atoms with Gasteiger partial charge in [0, 0.05) is 50.3 Å². The number of aromatic nitrogens is 4. The lowest BCUT2D eigenvalue weighted by Crippen LogP contribution is -2.42. The Hall–Kier alpha value is -2.88. The number of aryl methyl sites for hydroxylation is 1. The van der Waals surface area contributed by atoms with Gasteiger partial charge in [0.25, 0.3) is 11.5 Å². The van der Waals surface area contributed by atoms with Crippen LogP contribution in [0.5, 0.6) is 0 Å². The minimum atomic E-state index is -0.261. The summed E-state index contributed by atoms with van der Waals surface area (Å²) < 4.78 is 8.11. The number of carbonyl (C=O) groups excluding carboxylic acids is 1. The number of H-pyrrole nitrogens is 1. The third-order valence-electron chi connectivity index (χ3n) is 6.83. The molecule has 4 atom stereocenters. The van der Waals surface area contributed by atoms with E-state index in [4.69, 9.17) is 10.5 Å². The average molecular weight is 399 g/mol. The quantitative estimate of drug-likeness (QED) is 0.649. The second-order valence-electron chi connectivity index (χ2n) is 8.38. The summed E-state index contributed by atoms with van der Waals surface area (Å²) >= 11 is 0. The fraction of sp³-hybridized carbons (Fsp3) is 0.579. The molecule has 4 N–H and O–H groups in total. The van der Waals surface area contributed by atoms with Crippen molar-refractivity contribution in [1.82, 2.24) is 25.1 Å². The van der Waals surface area contributed by atoms with E-state index in [0.717, 1.165) is 25.1 Å². The number of fused-ring (bicyclic) bond motifs is 1. The summed E-state index contributed by atoms with van der Waals surface area (Å²) in [5, 5.41) is 7.22. The van der Waals surface area contributed by atoms with Gasteiger partial charge in [0.15, 0.2) is 0 Å². The van der Waals surface area contributed by atoms with Gasteiger partial charge in [-0.1, -0.05) is 0 Å². The highest BCUT2D eigenvalue weighted by molar-refractivity contribution is 5.95. The molecule has 3 aliphatic rings. The third-order valence-corrected chi connectivity index (χ3v) is 6.83. The van der Waals surface area contributed by atoms with Crippen molar-refractivity contribution in [3.05, 3.63) is 33.9 Å². The van der Waals surface area contributed by atoms with Crippen molar-refractivity contribution in [2.75, 3.05) is 30.3 Å². The zero-order valence-electron chi connectivity index (χ0n) is 16.5. The molecule has 2 aromatic heterocycles. The molecule has 0 aliphatic carbocycles. The van der Waals surface area contributed by atoms with Crippen LogP contribution in [-0.2, 0) is 11.8 Å². The lowest BCUT2D eigenvalue weighted by Gasteiger charge is -2.29. The Labute approximate surface area is 167 Å². The van der Waals surface area contributed by atoms with Gasteiger partial charge in [-0.2, -0.15) is 10.1 Å². The molecule has 154 valence electrons. The van der Waals surface area contributed by atoms with E-state index in [-0.39, 0.29) is 41.0 Å². The number of aromatic amines is 1. The molecule has 1 spiro atoms. The fourth-order valence-electron chi connectivity index (χ4n) is 5.29. The standard InChI is InChI=1S/C19H25N7O3/c1-10-11(7-22-25(10)2)17(28)21-6-12-13-8-26(9-19(13)4-3-14(12)29-19)15-5-16(27)24-18(20)23-15/h5,7,12-14H,3-4,6,8-9H2,1-2H3,(H,21,28)(H3,20,23,24,27)/t12-,13+,14+,19+/m0/s1. The van der Waals surface area contributed by atoms with Crippen LogP contribution >= 0.6 is 0 Å². The van der Waals surface area contributed by atoms with Crippen LogP contribution in [0.15, 0.2) is 17.1 Å². The minimum Gasteiger partial charge on any atom is -0.369 e. The van der Waals surface area contributed by atoms with Crippen molar-refractivity contribution < 1.29 is 9.53 Å². The summed E-state index contributed by atoms with van der Waals surface area (Å²) in [6.07, 6.45) is 3.74. The van der Waals surface area contributed by atoms with Crippen LogP contribution < -0.4 is 21.5 Å². The molecule has 0 aromatic carbocycles. The van der Waals surface area contributed by atoms with Gasteiger partial charge in [-0.25, -0.2) is 0 Å². The third kappa shape index (κ3) is 2.81. The number of carbonyl (C=O) groups is 1. The SMILES string of the molecule is Cc1c(C(=O)NC[C@H]2[C@H]3CN(c4cc(=O)[nH]c(N)n4)C[C@]34CC[C@H]2O4)cnn1C. The minimum absolute atomic E-state index is 0.105. The number of nitrogens with two attached hydrogens (primary N) is 1. The first-order valence-corrected chi connectivity index (χ1v) is 9.93. The highest BCUT2D eigenvalue weighted by Gasteiger charge is 2.63. The summed E-state index contributed by atoms with van der Waals surface area (Å²) in [6.45, 7) is 3.87. The van der Waals surface area contributed by atoms with Crippen molar-refractivity contribution >= 4 is 17.7 Å². The first-order chi connectivity index (χ1) is 13.9. The van der Waals surface area contributed by atoms with E-state index in [1.165, 1.54) is 6.07 Å². The fourth-order valence-corrected chi connectivity index (χ4v) is 5.29. The highest BCUT2D eigenvalue weighted by atomic mass is 16.5. The van der Waals surface area contributed by atoms with E-state index >= 15 is 0 Å². The molecule has 5 heterocycles. The first-order valence-electron chi connectivity index (χ1n) is 9.93. The summed E-state index contributed by atoms with van der Waals surface area (Å²) in [6, 6.07) is 1.47. The molecular weight excluding hydrogens is 374 g/mol. The smallest absolute Gasteiger partial charge is 0.254 e. The zero-order chi connectivity index (χ0) is 20.3. The molecule has 3 saturated heterocycles. The number of rotatable bonds is 4. The second-order valence-corrected chi connectivity index (χ2v) is 8.38. The molecule has 29 heavy (non-hydrogen) atoms. The lowest BCUT2D eigenvalue weighted by atomic mass is 9.73. The summed E-state index contributed by atoms with van der Waals surface area (Å²) in [4.78, 5) is 33.3. The molecule has 1 amide bonds. The summed E-state index contributed by atoms with van der Waals surface area (Å²) in [5.41, 5.74) is 6.66. The highest BCUT2D eigenvalue weighted by Crippen LogP contribution is 2.55. The normalized spacial score (nSPS) is 30.0. The summed E-state index contributed by atoms with van der Waals surface area (Å²) in [5.74, 6) is 1.10. The van der Waals surface area contributed by atoms with Gasteiger partial charge in [-0.3, -0.25) is 19.3 Å². The predicted molar refractivity (Wildman–Crippen MR) is 106 cm³/mol. The van der Waals surface area contributed by atoms with Gasteiger partial charge in [0.2, 0.25) is 5.95 Å². The monoisotopic (exact) mass is 399 g/mol. The number of nitrogens with zero attached hydrogens (tertiary/aromatic N) is 4. The Bertz CT molecular complexity index is 1030. The Kier molecular flexibility index (Phi) is 3.95. The van der Waals surface area contributed by atoms with E-state index in [9.17, 15) is 9.59 Å². The molecule has 2 aromatic rings. The Morgan fingerprint density at radius 1 is 1.52 bits per heavy atom. The van der Waals surface area contributed by atoms with Crippen molar-refractivity contribution in [2.45, 2.75) is 31.5 Å². The molecular formula is C19H25N7O3. The van der Waals surface area contributed by atoms with E-state index in [0.29, 0.717) is 24.5 Å². The maximum absolute atomic E-state index is 12.6. The van der Waals surface area contributed by atoms with E-state index in [1.54, 1.807) is 10.9 Å². The largest absolute Gasteiger partial charge is 0.369 e. The molecule has 10 heteroatoms. The first kappa shape index (κ1) is 18.2. The van der Waals surface area contributed by atoms with Crippen LogP contribution in [0.4, 0.5) is 11.8 Å². The topological polar surface area (TPSA) is 131 Å². The molecule has 3 aliphatic heterocycles. The maximum atomic E-state index is 12.6. The number of nitrogen functional groups attached to an aromatic ring is 1. The van der Waals surface area contributed by atoms with Crippen LogP contribution in [0.2, 0.25) is 0 Å². The number of amides is 1. The summed E-state index contributed by atoms with van der Waals surface area (Å²) in [7, 11) is 1.82. The lowest BCUT2D eigenvalue weighted by molar-refractivity contribution is 0.0141. The average Bonchev–Trinajstić information content (AvgIpc) is 3.40. The van der Waals surface area contributed by atoms with Crippen LogP contribution in [0, 0.1) is 18.8 Å². The number of hydrogen-bond acceptors (Lipinski definition) is 7. The van der Waals surface area contributed by atoms with E-state index < -0.39 is 0 Å². The van der Waals surface area contributed by atoms with Crippen molar-refractivity contribution in [2.24, 2.45) is 18.9 Å². The molecule has 0 saturated carbocycles. The Balaban J connectivity index is 1.32. The zero-order valence-corrected chi connectivity index (χ0v) is 16.5. The number of nitrogens with one attached hydrogen (secondary N) is 2. The van der Waals surface area contributed by atoms with Gasteiger partial charge in [-0.15, -0.1) is 0 Å². The number of hydrogen-bond donors (Lipinski definition) is 3. The molecule has 2 bridgehead atoms. The van der Waals surface area contributed by atoms with E-state index in [2.05, 4.69) is 25.3 Å². The molecule has 0 unspecified atom stereocenters. The van der Waals surface area contributed by atoms with Gasteiger partial charge >= 0.3 is 0 Å². The van der Waals surface area contributed by atoms with Gasteiger partial charge < -0.3 is 20.7 Å². The van der Waals surface area contributed by atoms with Crippen molar-refractivity contribution in [3.63, 3.8) is 0 Å². The molecule has 5 rings (SSSR count). The number of anilines is 2. The van der Waals surface area contributed by atoms with Crippen molar-refractivity contribution in [3.8, 4) is 0 Å². The predicted octanol–water partition coefficient (Wildman–Crippen LogP) is -0.192. The van der Waals surface area contributed by atoms with E-state index in [1.807, 2.05) is 14.0 Å². The second kappa shape index (κ2) is 6.31. The van der Waals surface area contributed by atoms with Gasteiger partial charge in [0.05, 0.1) is 23.5 Å². The van der Waals surface area contributed by atoms with Gasteiger partial charge in [-0.05, 0) is 19.8 Å². The molecule has 0 radical (unpaired) electrons. The van der Waals surface area contributed by atoms with Crippen LogP contribution in [0.1, 0.15) is 28.9 Å². The Morgan fingerprint density at radius 3 is 3.07 bits per heavy atom. The van der Waals surface area contributed by atoms with Gasteiger partial charge in [0.1, 0.15) is 5.82 Å². The van der Waals surface area contributed by atoms with Crippen LogP contribution in [0.3, 0.4) is 0 Å². The molecule has 10 nitrogen and oxygen atoms in total. The van der Waals surface area contributed by atoms with Crippen molar-refractivity contribution in [1.29, 1.82) is 0 Å². The van der Waals surface area contributed by atoms with Crippen LogP contribution in [-0.4, -0.2) is 57.0 Å². The Morgan fingerprint density at radius 2 is 2.34 bits per heavy atom. The number of ether oxygens (including phenoxy) is 1.